The monoisotopic (exact) mass is 264 g/mol. The Morgan fingerprint density at radius 2 is 1.94 bits per heavy atom. The van der Waals surface area contributed by atoms with Crippen LogP contribution in [-0.4, -0.2) is 24.7 Å². The Bertz CT molecular complexity index is 357. The van der Waals surface area contributed by atoms with Crippen LogP contribution in [0.4, 0.5) is 0 Å². The lowest BCUT2D eigenvalue weighted by molar-refractivity contribution is 0.497. The lowest BCUT2D eigenvalue weighted by Gasteiger charge is -2.29. The Morgan fingerprint density at radius 1 is 1.44 bits per heavy atom. The molecule has 1 aliphatic carbocycles. The molecule has 0 aromatic carbocycles. The maximum absolute atomic E-state index is 11.9. The molecule has 0 bridgehead atoms. The van der Waals surface area contributed by atoms with Crippen LogP contribution in [0.3, 0.4) is 0 Å². The largest absolute Gasteiger partial charge is 0.392 e. The van der Waals surface area contributed by atoms with Crippen LogP contribution >= 0.6 is 12.2 Å². The van der Waals surface area contributed by atoms with Crippen molar-refractivity contribution >= 4 is 27.2 Å². The number of nitrogens with two attached hydrogens (primary N) is 1. The van der Waals surface area contributed by atoms with Crippen molar-refractivity contribution < 1.29 is 8.42 Å². The van der Waals surface area contributed by atoms with Crippen LogP contribution in [0.5, 0.6) is 0 Å². The van der Waals surface area contributed by atoms with E-state index in [9.17, 15) is 8.42 Å². The highest BCUT2D eigenvalue weighted by atomic mass is 32.2. The van der Waals surface area contributed by atoms with E-state index in [0.717, 1.165) is 25.7 Å². The molecule has 1 fully saturated rings. The number of rotatable bonds is 5. The van der Waals surface area contributed by atoms with Crippen LogP contribution < -0.4 is 10.5 Å². The van der Waals surface area contributed by atoms with Gasteiger partial charge < -0.3 is 5.73 Å². The summed E-state index contributed by atoms with van der Waals surface area (Å²) in [4.78, 5) is 0.275. The van der Waals surface area contributed by atoms with E-state index in [0.29, 0.717) is 0 Å². The third-order valence-corrected chi connectivity index (χ3v) is 5.03. The number of nitrogens with one attached hydrogen (secondary N) is 1. The minimum Gasteiger partial charge on any atom is -0.392 e. The normalized spacial score (nSPS) is 20.2. The third kappa shape index (κ3) is 3.40. The SMILES string of the molecule is CC(C)CS(=O)(=O)NC1(C(N)=S)CCCC1. The number of sulfonamides is 1. The fraction of sp³-hybridized carbons (Fsp3) is 0.900. The highest BCUT2D eigenvalue weighted by Gasteiger charge is 2.40. The van der Waals surface area contributed by atoms with Gasteiger partial charge in [0.1, 0.15) is 0 Å². The Labute approximate surface area is 103 Å². The second kappa shape index (κ2) is 4.98. The van der Waals surface area contributed by atoms with Crippen LogP contribution in [0.15, 0.2) is 0 Å². The molecule has 1 rings (SSSR count). The van der Waals surface area contributed by atoms with Gasteiger partial charge in [-0.25, -0.2) is 13.1 Å². The molecule has 0 aromatic heterocycles. The molecule has 0 aliphatic heterocycles. The predicted molar refractivity (Wildman–Crippen MR) is 69.7 cm³/mol. The molecule has 16 heavy (non-hydrogen) atoms. The topological polar surface area (TPSA) is 72.2 Å². The Hall–Kier alpha value is -0.200. The summed E-state index contributed by atoms with van der Waals surface area (Å²) in [6, 6.07) is 0. The second-order valence-corrected chi connectivity index (χ2v) is 7.14. The van der Waals surface area contributed by atoms with Crippen LogP contribution in [0, 0.1) is 5.92 Å². The molecule has 6 heteroatoms. The van der Waals surface area contributed by atoms with E-state index in [1.165, 1.54) is 0 Å². The predicted octanol–water partition coefficient (Wildman–Crippen LogP) is 1.16. The molecular formula is C10H20N2O2S2. The van der Waals surface area contributed by atoms with Crippen molar-refractivity contribution in [1.82, 2.24) is 4.72 Å². The van der Waals surface area contributed by atoms with Gasteiger partial charge in [0.15, 0.2) is 0 Å². The van der Waals surface area contributed by atoms with Gasteiger partial charge >= 0.3 is 0 Å². The minimum absolute atomic E-state index is 0.0994. The third-order valence-electron chi connectivity index (χ3n) is 2.83. The van der Waals surface area contributed by atoms with Gasteiger partial charge in [-0.1, -0.05) is 38.9 Å². The van der Waals surface area contributed by atoms with E-state index >= 15 is 0 Å². The average Bonchev–Trinajstić information content (AvgIpc) is 2.50. The Morgan fingerprint density at radius 3 is 2.31 bits per heavy atom. The quantitative estimate of drug-likeness (QED) is 0.731. The maximum Gasteiger partial charge on any atom is 0.212 e. The summed E-state index contributed by atoms with van der Waals surface area (Å²) in [6.45, 7) is 3.75. The lowest BCUT2D eigenvalue weighted by Crippen LogP contribution is -2.55. The van der Waals surface area contributed by atoms with Crippen LogP contribution in [0.2, 0.25) is 0 Å². The van der Waals surface area contributed by atoms with Crippen molar-refractivity contribution in [2.24, 2.45) is 11.7 Å². The zero-order chi connectivity index (χ0) is 12.4. The van der Waals surface area contributed by atoms with Gasteiger partial charge in [-0.15, -0.1) is 0 Å². The smallest absolute Gasteiger partial charge is 0.212 e. The summed E-state index contributed by atoms with van der Waals surface area (Å²) in [5.41, 5.74) is 5.01. The summed E-state index contributed by atoms with van der Waals surface area (Å²) in [6.07, 6.45) is 3.39. The van der Waals surface area contributed by atoms with Crippen LogP contribution in [0.1, 0.15) is 39.5 Å². The molecule has 1 saturated carbocycles. The molecular weight excluding hydrogens is 244 g/mol. The molecule has 0 unspecified atom stereocenters. The number of hydrogen-bond donors (Lipinski definition) is 2. The Kier molecular flexibility index (Phi) is 4.31. The molecule has 0 aromatic rings. The van der Waals surface area contributed by atoms with Crippen LogP contribution in [0.25, 0.3) is 0 Å². The van der Waals surface area contributed by atoms with E-state index in [1.54, 1.807) is 0 Å². The summed E-state index contributed by atoms with van der Waals surface area (Å²) in [5, 5.41) is 0. The number of hydrogen-bond acceptors (Lipinski definition) is 3. The molecule has 0 atom stereocenters. The first-order valence-electron chi connectivity index (χ1n) is 5.59. The summed E-state index contributed by atoms with van der Waals surface area (Å²) < 4.78 is 26.5. The molecule has 0 spiro atoms. The molecule has 4 nitrogen and oxygen atoms in total. The fourth-order valence-corrected chi connectivity index (χ4v) is 4.35. The van der Waals surface area contributed by atoms with E-state index < -0.39 is 15.6 Å². The van der Waals surface area contributed by atoms with Crippen molar-refractivity contribution in [3.63, 3.8) is 0 Å². The van der Waals surface area contributed by atoms with E-state index in [2.05, 4.69) is 4.72 Å². The maximum atomic E-state index is 11.9. The Balaban J connectivity index is 2.81. The van der Waals surface area contributed by atoms with Crippen LogP contribution in [-0.2, 0) is 10.0 Å². The van der Waals surface area contributed by atoms with Gasteiger partial charge in [0.2, 0.25) is 10.0 Å². The van der Waals surface area contributed by atoms with Crippen molar-refractivity contribution in [1.29, 1.82) is 0 Å². The first kappa shape index (κ1) is 13.9. The average molecular weight is 264 g/mol. The molecule has 0 heterocycles. The first-order chi connectivity index (χ1) is 7.27. The molecule has 0 amide bonds. The van der Waals surface area contributed by atoms with Gasteiger partial charge in [0, 0.05) is 0 Å². The van der Waals surface area contributed by atoms with Gasteiger partial charge in [0.05, 0.1) is 16.3 Å². The summed E-state index contributed by atoms with van der Waals surface area (Å²) in [7, 11) is -3.29. The van der Waals surface area contributed by atoms with E-state index in [4.69, 9.17) is 18.0 Å². The van der Waals surface area contributed by atoms with Crippen molar-refractivity contribution in [3.8, 4) is 0 Å². The van der Waals surface area contributed by atoms with E-state index in [-0.39, 0.29) is 16.7 Å². The van der Waals surface area contributed by atoms with Gasteiger partial charge in [-0.05, 0) is 18.8 Å². The van der Waals surface area contributed by atoms with Gasteiger partial charge in [-0.2, -0.15) is 0 Å². The van der Waals surface area contributed by atoms with Gasteiger partial charge in [0.25, 0.3) is 0 Å². The summed E-state index contributed by atoms with van der Waals surface area (Å²) >= 11 is 5.00. The van der Waals surface area contributed by atoms with Crippen molar-refractivity contribution in [3.05, 3.63) is 0 Å². The lowest BCUT2D eigenvalue weighted by atomic mass is 10.00. The highest BCUT2D eigenvalue weighted by Crippen LogP contribution is 2.30. The zero-order valence-corrected chi connectivity index (χ0v) is 11.5. The second-order valence-electron chi connectivity index (χ2n) is 4.93. The first-order valence-corrected chi connectivity index (χ1v) is 7.65. The van der Waals surface area contributed by atoms with Gasteiger partial charge in [-0.3, -0.25) is 0 Å². The molecule has 94 valence electrons. The molecule has 3 N–H and O–H groups in total. The molecule has 0 radical (unpaired) electrons. The molecule has 0 saturated heterocycles. The summed E-state index contributed by atoms with van der Waals surface area (Å²) in [5.74, 6) is 0.222. The number of thiocarbonyl (C=S) groups is 1. The van der Waals surface area contributed by atoms with E-state index in [1.807, 2.05) is 13.8 Å². The minimum atomic E-state index is -3.29. The zero-order valence-electron chi connectivity index (χ0n) is 9.82. The van der Waals surface area contributed by atoms with Crippen molar-refractivity contribution in [2.75, 3.05) is 5.75 Å². The fourth-order valence-electron chi connectivity index (χ4n) is 2.16. The molecule has 1 aliphatic rings. The van der Waals surface area contributed by atoms with Crippen molar-refractivity contribution in [2.45, 2.75) is 45.1 Å². The standard InChI is InChI=1S/C10H20N2O2S2/c1-8(2)7-16(13,14)12-10(9(11)15)5-3-4-6-10/h8,12H,3-7H2,1-2H3,(H2,11,15). The highest BCUT2D eigenvalue weighted by molar-refractivity contribution is 7.89.